The van der Waals surface area contributed by atoms with Gasteiger partial charge in [-0.25, -0.2) is 0 Å². The number of tetrazole rings is 1. The fraction of sp³-hybridized carbons (Fsp3) is 0.500. The summed E-state index contributed by atoms with van der Waals surface area (Å²) >= 11 is 1.26. The molecule has 1 aliphatic rings. The van der Waals surface area contributed by atoms with Gasteiger partial charge in [0.25, 0.3) is 0 Å². The molecule has 1 unspecified atom stereocenters. The van der Waals surface area contributed by atoms with Crippen LogP contribution in [0.3, 0.4) is 0 Å². The van der Waals surface area contributed by atoms with Crippen LogP contribution in [0.15, 0.2) is 29.4 Å². The third-order valence-electron chi connectivity index (χ3n) is 4.69. The second kappa shape index (κ2) is 8.39. The Kier molecular flexibility index (Phi) is 5.96. The summed E-state index contributed by atoms with van der Waals surface area (Å²) in [6, 6.07) is 9.64. The smallest absolute Gasteiger partial charge is 0.234 e. The number of ether oxygens (including phenoxy) is 1. The van der Waals surface area contributed by atoms with Gasteiger partial charge >= 0.3 is 0 Å². The molecule has 0 aliphatic heterocycles. The van der Waals surface area contributed by atoms with E-state index in [9.17, 15) is 10.1 Å². The van der Waals surface area contributed by atoms with E-state index in [0.717, 1.165) is 30.7 Å². The predicted molar refractivity (Wildman–Crippen MR) is 101 cm³/mol. The number of thioether (sulfide) groups is 1. The number of aromatic nitrogens is 4. The largest absolute Gasteiger partial charge is 0.497 e. The Balaban J connectivity index is 1.69. The first-order valence-corrected chi connectivity index (χ1v) is 9.77. The molecule has 9 heteroatoms. The van der Waals surface area contributed by atoms with Crippen LogP contribution in [-0.2, 0) is 4.79 Å². The van der Waals surface area contributed by atoms with Crippen LogP contribution >= 0.6 is 11.8 Å². The molecule has 142 valence electrons. The van der Waals surface area contributed by atoms with Gasteiger partial charge in [-0.05, 0) is 54.5 Å². The van der Waals surface area contributed by atoms with Gasteiger partial charge in [-0.15, -0.1) is 5.10 Å². The summed E-state index contributed by atoms with van der Waals surface area (Å²) in [4.78, 5) is 12.7. The SMILES string of the molecule is COc1ccc(-n2nnnc2SC(C)C(=O)NC2(C#N)CCCCC2)cc1. The summed E-state index contributed by atoms with van der Waals surface area (Å²) in [5, 5.41) is 24.3. The molecular formula is C18H22N6O2S. The molecule has 1 heterocycles. The topological polar surface area (TPSA) is 106 Å². The first-order valence-electron chi connectivity index (χ1n) is 8.90. The van der Waals surface area contributed by atoms with Gasteiger partial charge in [0.15, 0.2) is 0 Å². The van der Waals surface area contributed by atoms with Gasteiger partial charge in [-0.1, -0.05) is 31.0 Å². The summed E-state index contributed by atoms with van der Waals surface area (Å²) < 4.78 is 6.74. The molecule has 1 saturated carbocycles. The zero-order valence-electron chi connectivity index (χ0n) is 15.4. The summed E-state index contributed by atoms with van der Waals surface area (Å²) in [7, 11) is 1.61. The van der Waals surface area contributed by atoms with Crippen molar-refractivity contribution in [3.63, 3.8) is 0 Å². The average molecular weight is 386 g/mol. The molecule has 0 radical (unpaired) electrons. The van der Waals surface area contributed by atoms with E-state index in [1.807, 2.05) is 24.3 Å². The summed E-state index contributed by atoms with van der Waals surface area (Å²) in [6.07, 6.45) is 4.45. The molecule has 1 aromatic carbocycles. The Hall–Kier alpha value is -2.60. The number of benzene rings is 1. The quantitative estimate of drug-likeness (QED) is 0.760. The van der Waals surface area contributed by atoms with Crippen molar-refractivity contribution in [2.24, 2.45) is 0 Å². The highest BCUT2D eigenvalue weighted by Gasteiger charge is 2.35. The second-order valence-electron chi connectivity index (χ2n) is 6.58. The van der Waals surface area contributed by atoms with E-state index in [-0.39, 0.29) is 5.91 Å². The third-order valence-corrected chi connectivity index (χ3v) is 5.73. The first kappa shape index (κ1) is 19.2. The van der Waals surface area contributed by atoms with Crippen molar-refractivity contribution in [2.45, 2.75) is 55.0 Å². The van der Waals surface area contributed by atoms with E-state index >= 15 is 0 Å². The van der Waals surface area contributed by atoms with Crippen LogP contribution in [0.2, 0.25) is 0 Å². The lowest BCUT2D eigenvalue weighted by Crippen LogP contribution is -2.50. The molecule has 1 atom stereocenters. The lowest BCUT2D eigenvalue weighted by molar-refractivity contribution is -0.121. The van der Waals surface area contributed by atoms with Crippen molar-refractivity contribution in [2.75, 3.05) is 7.11 Å². The average Bonchev–Trinajstić information content (AvgIpc) is 3.16. The van der Waals surface area contributed by atoms with Crippen molar-refractivity contribution in [3.8, 4) is 17.5 Å². The minimum atomic E-state index is -0.744. The van der Waals surface area contributed by atoms with E-state index in [2.05, 4.69) is 26.9 Å². The van der Waals surface area contributed by atoms with Gasteiger partial charge in [0.2, 0.25) is 11.1 Å². The van der Waals surface area contributed by atoms with Gasteiger partial charge in [0, 0.05) is 0 Å². The van der Waals surface area contributed by atoms with E-state index in [0.29, 0.717) is 18.0 Å². The monoisotopic (exact) mass is 386 g/mol. The van der Waals surface area contributed by atoms with E-state index < -0.39 is 10.8 Å². The van der Waals surface area contributed by atoms with Crippen molar-refractivity contribution < 1.29 is 9.53 Å². The van der Waals surface area contributed by atoms with Gasteiger partial charge in [0.05, 0.1) is 24.1 Å². The van der Waals surface area contributed by atoms with Crippen LogP contribution in [-0.4, -0.2) is 44.0 Å². The molecule has 0 bridgehead atoms. The third kappa shape index (κ3) is 4.39. The fourth-order valence-electron chi connectivity index (χ4n) is 3.11. The van der Waals surface area contributed by atoms with E-state index in [1.165, 1.54) is 11.8 Å². The number of nitrogens with zero attached hydrogens (tertiary/aromatic N) is 5. The highest BCUT2D eigenvalue weighted by atomic mass is 32.2. The standard InChI is InChI=1S/C18H22N6O2S/c1-13(16(25)20-18(12-19)10-4-3-5-11-18)27-17-21-22-23-24(17)14-6-8-15(26-2)9-7-14/h6-9,13H,3-5,10-11H2,1-2H3,(H,20,25). The highest BCUT2D eigenvalue weighted by molar-refractivity contribution is 8.00. The zero-order valence-corrected chi connectivity index (χ0v) is 16.2. The minimum absolute atomic E-state index is 0.173. The summed E-state index contributed by atoms with van der Waals surface area (Å²) in [5.74, 6) is 0.566. The molecule has 1 amide bonds. The van der Waals surface area contributed by atoms with Crippen LogP contribution in [0, 0.1) is 11.3 Å². The molecule has 2 aromatic rings. The van der Waals surface area contributed by atoms with Gasteiger partial charge in [-0.3, -0.25) is 4.79 Å². The van der Waals surface area contributed by atoms with E-state index in [4.69, 9.17) is 4.74 Å². The molecule has 1 aromatic heterocycles. The maximum absolute atomic E-state index is 12.7. The molecule has 1 aliphatic carbocycles. The maximum Gasteiger partial charge on any atom is 0.234 e. The molecule has 1 fully saturated rings. The number of carbonyl (C=O) groups excluding carboxylic acids is 1. The van der Waals surface area contributed by atoms with Crippen molar-refractivity contribution in [1.82, 2.24) is 25.5 Å². The number of amides is 1. The van der Waals surface area contributed by atoms with Crippen LogP contribution in [0.25, 0.3) is 5.69 Å². The van der Waals surface area contributed by atoms with Crippen LogP contribution in [0.5, 0.6) is 5.75 Å². The minimum Gasteiger partial charge on any atom is -0.497 e. The van der Waals surface area contributed by atoms with Crippen LogP contribution < -0.4 is 10.1 Å². The van der Waals surface area contributed by atoms with Gasteiger partial charge in [-0.2, -0.15) is 9.94 Å². The Bertz CT molecular complexity index is 823. The summed E-state index contributed by atoms with van der Waals surface area (Å²) in [5.41, 5.74) is 0.0307. The Morgan fingerprint density at radius 1 is 1.33 bits per heavy atom. The molecular weight excluding hydrogens is 364 g/mol. The highest BCUT2D eigenvalue weighted by Crippen LogP contribution is 2.29. The number of hydrogen-bond donors (Lipinski definition) is 1. The van der Waals surface area contributed by atoms with Crippen molar-refractivity contribution in [3.05, 3.63) is 24.3 Å². The van der Waals surface area contributed by atoms with Crippen LogP contribution in [0.1, 0.15) is 39.0 Å². The predicted octanol–water partition coefficient (Wildman–Crippen LogP) is 2.49. The lowest BCUT2D eigenvalue weighted by Gasteiger charge is -2.32. The maximum atomic E-state index is 12.7. The van der Waals surface area contributed by atoms with Crippen molar-refractivity contribution >= 4 is 17.7 Å². The summed E-state index contributed by atoms with van der Waals surface area (Å²) in [6.45, 7) is 1.79. The second-order valence-corrected chi connectivity index (χ2v) is 7.88. The number of nitrogens with one attached hydrogen (secondary N) is 1. The van der Waals surface area contributed by atoms with E-state index in [1.54, 1.807) is 18.7 Å². The van der Waals surface area contributed by atoms with Crippen molar-refractivity contribution in [1.29, 1.82) is 5.26 Å². The van der Waals surface area contributed by atoms with Gasteiger partial charge < -0.3 is 10.1 Å². The molecule has 27 heavy (non-hydrogen) atoms. The molecule has 1 N–H and O–H groups in total. The first-order chi connectivity index (χ1) is 13.1. The molecule has 3 rings (SSSR count). The number of methoxy groups -OCH3 is 1. The molecule has 0 saturated heterocycles. The Labute approximate surface area is 162 Å². The number of rotatable bonds is 6. The fourth-order valence-corrected chi connectivity index (χ4v) is 3.91. The number of nitriles is 1. The number of hydrogen-bond acceptors (Lipinski definition) is 7. The molecule has 8 nitrogen and oxygen atoms in total. The lowest BCUT2D eigenvalue weighted by atomic mass is 9.83. The van der Waals surface area contributed by atoms with Gasteiger partial charge in [0.1, 0.15) is 11.3 Å². The molecule has 0 spiro atoms. The zero-order chi connectivity index (χ0) is 19.3. The number of carbonyl (C=O) groups is 1. The Morgan fingerprint density at radius 2 is 2.04 bits per heavy atom. The Morgan fingerprint density at radius 3 is 2.67 bits per heavy atom. The van der Waals surface area contributed by atoms with Crippen LogP contribution in [0.4, 0.5) is 0 Å². The normalized spacial score (nSPS) is 16.9.